The number of carbonyl (C=O) groups is 1. The number of carboxylic acid groups (broad SMARTS) is 1. The van der Waals surface area contributed by atoms with Crippen molar-refractivity contribution in [3.05, 3.63) is 45.8 Å². The zero-order valence-electron chi connectivity index (χ0n) is 12.4. The first-order valence-electron chi connectivity index (χ1n) is 7.15. The summed E-state index contributed by atoms with van der Waals surface area (Å²) < 4.78 is 1.60. The van der Waals surface area contributed by atoms with Crippen LogP contribution in [-0.2, 0) is 0 Å². The summed E-state index contributed by atoms with van der Waals surface area (Å²) in [5.41, 5.74) is 6.16. The van der Waals surface area contributed by atoms with Gasteiger partial charge < -0.3 is 10.8 Å². The van der Waals surface area contributed by atoms with E-state index in [1.165, 1.54) is 24.2 Å². The van der Waals surface area contributed by atoms with Crippen molar-refractivity contribution in [1.29, 1.82) is 0 Å². The van der Waals surface area contributed by atoms with Gasteiger partial charge in [-0.15, -0.1) is 11.3 Å². The lowest BCUT2D eigenvalue weighted by Crippen LogP contribution is -1.95. The Balaban J connectivity index is 0.000000370. The van der Waals surface area contributed by atoms with Gasteiger partial charge in [-0.05, 0) is 58.6 Å². The van der Waals surface area contributed by atoms with E-state index in [-0.39, 0.29) is 10.8 Å². The Morgan fingerprint density at radius 3 is 2.75 bits per heavy atom. The van der Waals surface area contributed by atoms with Gasteiger partial charge in [0.2, 0.25) is 5.28 Å². The van der Waals surface area contributed by atoms with Crippen LogP contribution in [0, 0.1) is 0 Å². The minimum atomic E-state index is -0.945. The van der Waals surface area contributed by atoms with Crippen LogP contribution in [0.25, 0.3) is 20.7 Å². The fraction of sp³-hybridized carbons (Fsp3) is 0.188. The van der Waals surface area contributed by atoms with Crippen LogP contribution >= 0.6 is 38.9 Å². The Kier molecular flexibility index (Phi) is 5.15. The molecule has 1 aliphatic carbocycles. The Hall–Kier alpha value is -1.54. The Morgan fingerprint density at radius 2 is 2.12 bits per heavy atom. The summed E-state index contributed by atoms with van der Waals surface area (Å²) in [7, 11) is 0. The highest BCUT2D eigenvalue weighted by Gasteiger charge is 2.15. The van der Waals surface area contributed by atoms with E-state index < -0.39 is 5.97 Å². The maximum absolute atomic E-state index is 11.2. The zero-order chi connectivity index (χ0) is 17.3. The van der Waals surface area contributed by atoms with Crippen molar-refractivity contribution in [1.82, 2.24) is 9.97 Å². The van der Waals surface area contributed by atoms with Gasteiger partial charge in [0.05, 0.1) is 20.6 Å². The Bertz CT molecular complexity index is 911. The third-order valence-corrected chi connectivity index (χ3v) is 5.23. The number of rotatable bonds is 2. The second-order valence-corrected chi connectivity index (χ2v) is 7.58. The molecule has 0 unspecified atom stereocenters. The summed E-state index contributed by atoms with van der Waals surface area (Å²) in [6.45, 7) is 0. The number of carboxylic acids is 1. The molecule has 4 rings (SSSR count). The van der Waals surface area contributed by atoms with Gasteiger partial charge in [-0.25, -0.2) is 14.8 Å². The van der Waals surface area contributed by atoms with Crippen molar-refractivity contribution in [3.63, 3.8) is 0 Å². The lowest BCUT2D eigenvalue weighted by atomic mass is 10.1. The first-order valence-corrected chi connectivity index (χ1v) is 9.14. The molecule has 0 spiro atoms. The van der Waals surface area contributed by atoms with E-state index in [9.17, 15) is 9.90 Å². The number of nitrogens with two attached hydrogens (primary N) is 1. The maximum Gasteiger partial charge on any atom is 0.336 e. The number of benzene rings is 1. The topological polar surface area (TPSA) is 89.1 Å². The van der Waals surface area contributed by atoms with Crippen molar-refractivity contribution >= 4 is 54.9 Å². The molecule has 0 saturated heterocycles. The van der Waals surface area contributed by atoms with E-state index in [1.807, 2.05) is 12.1 Å². The van der Waals surface area contributed by atoms with E-state index in [4.69, 9.17) is 17.3 Å². The average Bonchev–Trinajstić information content (AvgIpc) is 3.20. The third kappa shape index (κ3) is 3.92. The number of nitrogens with zero attached hydrogens (tertiary/aromatic N) is 2. The molecule has 8 heteroatoms. The SMILES string of the molecule is NC1CC1.O=C(O)c1cccc2sc(-c3nc(Cl)ncc3Br)cc12. The molecule has 3 aromatic rings. The molecule has 0 atom stereocenters. The molecule has 2 heterocycles. The van der Waals surface area contributed by atoms with Crippen molar-refractivity contribution in [2.75, 3.05) is 0 Å². The van der Waals surface area contributed by atoms with E-state index in [0.29, 0.717) is 21.6 Å². The highest BCUT2D eigenvalue weighted by molar-refractivity contribution is 9.10. The molecule has 1 aliphatic rings. The third-order valence-electron chi connectivity index (χ3n) is 3.36. The molecular formula is C16H13BrClN3O2S. The van der Waals surface area contributed by atoms with Crippen molar-refractivity contribution < 1.29 is 9.90 Å². The van der Waals surface area contributed by atoms with Crippen LogP contribution in [-0.4, -0.2) is 27.1 Å². The molecule has 2 aromatic heterocycles. The summed E-state index contributed by atoms with van der Waals surface area (Å²) in [6.07, 6.45) is 4.10. The average molecular weight is 427 g/mol. The molecule has 0 amide bonds. The lowest BCUT2D eigenvalue weighted by molar-refractivity contribution is 0.0699. The maximum atomic E-state index is 11.2. The molecule has 5 nitrogen and oxygen atoms in total. The van der Waals surface area contributed by atoms with Crippen LogP contribution in [0.3, 0.4) is 0 Å². The number of halogens is 2. The quantitative estimate of drug-likeness (QED) is 0.585. The van der Waals surface area contributed by atoms with Gasteiger partial charge in [0, 0.05) is 22.3 Å². The Morgan fingerprint density at radius 1 is 1.42 bits per heavy atom. The molecule has 0 radical (unpaired) electrons. The predicted molar refractivity (Wildman–Crippen MR) is 99.7 cm³/mol. The van der Waals surface area contributed by atoms with E-state index in [1.54, 1.807) is 18.3 Å². The second kappa shape index (κ2) is 7.14. The number of thiophene rings is 1. The normalized spacial score (nSPS) is 13.5. The number of hydrogen-bond donors (Lipinski definition) is 2. The fourth-order valence-electron chi connectivity index (χ4n) is 1.98. The van der Waals surface area contributed by atoms with Gasteiger partial charge in [-0.2, -0.15) is 0 Å². The standard InChI is InChI=1S/C13H6BrClN2O2S.C3H7N/c14-8-5-16-13(15)17-11(8)10-4-7-6(12(18)19)2-1-3-9(7)20-10;4-3-1-2-3/h1-5H,(H,18,19);3H,1-2,4H2. The summed E-state index contributed by atoms with van der Waals surface area (Å²) in [4.78, 5) is 20.1. The van der Waals surface area contributed by atoms with Gasteiger partial charge in [-0.3, -0.25) is 0 Å². The van der Waals surface area contributed by atoms with E-state index in [2.05, 4.69) is 25.9 Å². The summed E-state index contributed by atoms with van der Waals surface area (Å²) in [5, 5.41) is 10.1. The van der Waals surface area contributed by atoms with Crippen LogP contribution in [0.4, 0.5) is 0 Å². The second-order valence-electron chi connectivity index (χ2n) is 5.31. The van der Waals surface area contributed by atoms with Crippen molar-refractivity contribution in [3.8, 4) is 10.6 Å². The van der Waals surface area contributed by atoms with Crippen LogP contribution < -0.4 is 5.73 Å². The van der Waals surface area contributed by atoms with Gasteiger partial charge in [-0.1, -0.05) is 6.07 Å². The number of aromatic carboxylic acids is 1. The Labute approximate surface area is 155 Å². The van der Waals surface area contributed by atoms with Crippen molar-refractivity contribution in [2.45, 2.75) is 18.9 Å². The molecular weight excluding hydrogens is 414 g/mol. The highest BCUT2D eigenvalue weighted by Crippen LogP contribution is 2.37. The first-order chi connectivity index (χ1) is 11.5. The summed E-state index contributed by atoms with van der Waals surface area (Å²) in [5.74, 6) is -0.945. The van der Waals surface area contributed by atoms with E-state index >= 15 is 0 Å². The largest absolute Gasteiger partial charge is 0.478 e. The fourth-order valence-corrected chi connectivity index (χ4v) is 3.74. The molecule has 3 N–H and O–H groups in total. The van der Waals surface area contributed by atoms with Gasteiger partial charge in [0.1, 0.15) is 0 Å². The van der Waals surface area contributed by atoms with Gasteiger partial charge in [0.25, 0.3) is 0 Å². The van der Waals surface area contributed by atoms with Crippen LogP contribution in [0.1, 0.15) is 23.2 Å². The lowest BCUT2D eigenvalue weighted by Gasteiger charge is -1.99. The first kappa shape index (κ1) is 17.3. The molecule has 124 valence electrons. The molecule has 1 saturated carbocycles. The molecule has 1 fully saturated rings. The van der Waals surface area contributed by atoms with Crippen molar-refractivity contribution in [2.24, 2.45) is 5.73 Å². The summed E-state index contributed by atoms with van der Waals surface area (Å²) in [6, 6.07) is 7.59. The van der Waals surface area contributed by atoms with Crippen LogP contribution in [0.15, 0.2) is 34.9 Å². The molecule has 1 aromatic carbocycles. The molecule has 0 bridgehead atoms. The zero-order valence-corrected chi connectivity index (χ0v) is 15.5. The van der Waals surface area contributed by atoms with Crippen LogP contribution in [0.2, 0.25) is 5.28 Å². The number of aromatic nitrogens is 2. The number of hydrogen-bond acceptors (Lipinski definition) is 5. The highest BCUT2D eigenvalue weighted by atomic mass is 79.9. The summed E-state index contributed by atoms with van der Waals surface area (Å²) >= 11 is 10.7. The number of fused-ring (bicyclic) bond motifs is 1. The molecule has 24 heavy (non-hydrogen) atoms. The predicted octanol–water partition coefficient (Wildman–Crippen LogP) is 4.58. The monoisotopic (exact) mass is 425 g/mol. The minimum absolute atomic E-state index is 0.152. The smallest absolute Gasteiger partial charge is 0.336 e. The van der Waals surface area contributed by atoms with Crippen LogP contribution in [0.5, 0.6) is 0 Å². The van der Waals surface area contributed by atoms with Gasteiger partial charge >= 0.3 is 5.97 Å². The van der Waals surface area contributed by atoms with E-state index in [0.717, 1.165) is 9.58 Å². The minimum Gasteiger partial charge on any atom is -0.478 e. The van der Waals surface area contributed by atoms with Gasteiger partial charge in [0.15, 0.2) is 0 Å². The molecule has 0 aliphatic heterocycles.